The number of carbonyl (C=O) groups excluding carboxylic acids is 2. The predicted octanol–water partition coefficient (Wildman–Crippen LogP) is 1.95. The minimum Gasteiger partial charge on any atom is -0.450 e. The molecule has 27 heavy (non-hydrogen) atoms. The van der Waals surface area contributed by atoms with Crippen molar-refractivity contribution in [3.8, 4) is 0 Å². The zero-order valence-corrected chi connectivity index (χ0v) is 16.6. The van der Waals surface area contributed by atoms with Crippen molar-refractivity contribution in [2.24, 2.45) is 5.92 Å². The van der Waals surface area contributed by atoms with Crippen molar-refractivity contribution in [3.05, 3.63) is 11.9 Å². The molecule has 0 saturated heterocycles. The maximum Gasteiger partial charge on any atom is 0.407 e. The topological polar surface area (TPSA) is 105 Å². The van der Waals surface area contributed by atoms with Crippen LogP contribution in [0.1, 0.15) is 45.7 Å². The van der Waals surface area contributed by atoms with Crippen LogP contribution in [0, 0.1) is 5.92 Å². The van der Waals surface area contributed by atoms with Crippen molar-refractivity contribution in [3.63, 3.8) is 0 Å². The number of hydrogen-bond donors (Lipinski definition) is 1. The van der Waals surface area contributed by atoms with E-state index in [4.69, 9.17) is 14.2 Å². The lowest BCUT2D eigenvalue weighted by molar-refractivity contribution is -0.123. The average Bonchev–Trinajstić information content (AvgIpc) is 3.12. The van der Waals surface area contributed by atoms with Crippen LogP contribution in [0.4, 0.5) is 4.79 Å². The van der Waals surface area contributed by atoms with Crippen molar-refractivity contribution in [1.29, 1.82) is 0 Å². The van der Waals surface area contributed by atoms with Gasteiger partial charge in [0, 0.05) is 6.42 Å². The molecule has 1 atom stereocenters. The average molecular weight is 384 g/mol. The Morgan fingerprint density at radius 3 is 2.70 bits per heavy atom. The Labute approximate surface area is 160 Å². The number of alkyl carbamates (subject to hydrolysis) is 1. The quantitative estimate of drug-likeness (QED) is 0.461. The highest BCUT2D eigenvalue weighted by molar-refractivity contribution is 5.79. The van der Waals surface area contributed by atoms with Crippen LogP contribution < -0.4 is 5.32 Å². The number of aromatic nitrogens is 3. The number of Topliss-reactive ketones (excluding diaryl/α,β-unsaturated/α-hetero) is 1. The summed E-state index contributed by atoms with van der Waals surface area (Å²) in [4.78, 5) is 22.7. The van der Waals surface area contributed by atoms with Crippen molar-refractivity contribution >= 4 is 11.9 Å². The molecule has 1 aromatic rings. The van der Waals surface area contributed by atoms with Crippen molar-refractivity contribution in [1.82, 2.24) is 20.3 Å². The van der Waals surface area contributed by atoms with Crippen LogP contribution in [0.3, 0.4) is 0 Å². The van der Waals surface area contributed by atoms with Gasteiger partial charge in [-0.2, -0.15) is 0 Å². The minimum atomic E-state index is -0.447. The number of amides is 1. The first-order valence-electron chi connectivity index (χ1n) is 9.51. The van der Waals surface area contributed by atoms with Gasteiger partial charge in [0.2, 0.25) is 0 Å². The van der Waals surface area contributed by atoms with E-state index in [0.29, 0.717) is 51.0 Å². The zero-order chi connectivity index (χ0) is 19.9. The van der Waals surface area contributed by atoms with E-state index in [1.807, 2.05) is 0 Å². The van der Waals surface area contributed by atoms with Gasteiger partial charge in [-0.3, -0.25) is 4.79 Å². The molecule has 0 aromatic carbocycles. The molecule has 0 saturated carbocycles. The third-order valence-electron chi connectivity index (χ3n) is 4.03. The van der Waals surface area contributed by atoms with Gasteiger partial charge in [0.25, 0.3) is 0 Å². The molecule has 154 valence electrons. The van der Waals surface area contributed by atoms with Crippen LogP contribution in [0.15, 0.2) is 6.20 Å². The van der Waals surface area contributed by atoms with Gasteiger partial charge in [0.15, 0.2) is 5.78 Å². The lowest BCUT2D eigenvalue weighted by atomic mass is 10.1. The summed E-state index contributed by atoms with van der Waals surface area (Å²) in [5.74, 6) is 0.628. The summed E-state index contributed by atoms with van der Waals surface area (Å²) in [5.41, 5.74) is 0.648. The van der Waals surface area contributed by atoms with E-state index < -0.39 is 6.09 Å². The third kappa shape index (κ3) is 11.3. The fourth-order valence-electron chi connectivity index (χ4n) is 1.97. The van der Waals surface area contributed by atoms with E-state index >= 15 is 0 Å². The Hall–Kier alpha value is -2.00. The van der Waals surface area contributed by atoms with Crippen molar-refractivity contribution in [2.75, 3.05) is 33.0 Å². The van der Waals surface area contributed by atoms with Gasteiger partial charge >= 0.3 is 6.09 Å². The van der Waals surface area contributed by atoms with Crippen LogP contribution in [-0.2, 0) is 32.1 Å². The molecule has 0 aliphatic rings. The van der Waals surface area contributed by atoms with Gasteiger partial charge < -0.3 is 19.5 Å². The molecule has 1 heterocycles. The van der Waals surface area contributed by atoms with Gasteiger partial charge in [0.05, 0.1) is 45.7 Å². The Morgan fingerprint density at radius 1 is 1.19 bits per heavy atom. The molecule has 0 fully saturated rings. The van der Waals surface area contributed by atoms with Crippen molar-refractivity contribution < 1.29 is 23.8 Å². The molecular formula is C18H32N4O5. The van der Waals surface area contributed by atoms with E-state index in [0.717, 1.165) is 12.8 Å². The molecule has 1 unspecified atom stereocenters. The number of nitrogens with one attached hydrogen (secondary N) is 1. The molecule has 1 aromatic heterocycles. The van der Waals surface area contributed by atoms with E-state index in [-0.39, 0.29) is 18.9 Å². The van der Waals surface area contributed by atoms with Gasteiger partial charge in [-0.1, -0.05) is 32.4 Å². The molecule has 9 heteroatoms. The molecule has 9 nitrogen and oxygen atoms in total. The Bertz CT molecular complexity index is 550. The predicted molar refractivity (Wildman–Crippen MR) is 99.2 cm³/mol. The Kier molecular flexibility index (Phi) is 12.0. The van der Waals surface area contributed by atoms with Gasteiger partial charge in [0.1, 0.15) is 12.3 Å². The summed E-state index contributed by atoms with van der Waals surface area (Å²) >= 11 is 0. The summed E-state index contributed by atoms with van der Waals surface area (Å²) in [6.45, 7) is 8.68. The maximum absolute atomic E-state index is 11.6. The van der Waals surface area contributed by atoms with Crippen LogP contribution >= 0.6 is 0 Å². The molecule has 0 aliphatic carbocycles. The van der Waals surface area contributed by atoms with Crippen molar-refractivity contribution in [2.45, 2.75) is 53.1 Å². The highest BCUT2D eigenvalue weighted by Crippen LogP contribution is 2.05. The van der Waals surface area contributed by atoms with Gasteiger partial charge in [-0.05, 0) is 12.3 Å². The summed E-state index contributed by atoms with van der Waals surface area (Å²) in [6, 6.07) is 0. The normalized spacial score (nSPS) is 12.0. The molecule has 0 spiro atoms. The Morgan fingerprint density at radius 2 is 1.96 bits per heavy atom. The number of nitrogens with zero attached hydrogens (tertiary/aromatic N) is 3. The van der Waals surface area contributed by atoms with Gasteiger partial charge in [-0.25, -0.2) is 9.48 Å². The largest absolute Gasteiger partial charge is 0.450 e. The second-order valence-electron chi connectivity index (χ2n) is 6.32. The van der Waals surface area contributed by atoms with Crippen LogP contribution in [-0.4, -0.2) is 59.9 Å². The first-order valence-corrected chi connectivity index (χ1v) is 9.51. The van der Waals surface area contributed by atoms with E-state index in [2.05, 4.69) is 29.5 Å². The van der Waals surface area contributed by atoms with Crippen LogP contribution in [0.25, 0.3) is 0 Å². The van der Waals surface area contributed by atoms with E-state index in [9.17, 15) is 9.59 Å². The molecule has 1 N–H and O–H groups in total. The monoisotopic (exact) mass is 384 g/mol. The SMILES string of the molecule is CCC(=O)COCCOCCn1cc(CNC(=O)OCCC(C)CC)nn1. The standard InChI is InChI=1S/C18H32N4O5/c1-4-15(3)6-8-27-18(24)19-12-16-13-22(21-20-16)7-9-25-10-11-26-14-17(23)5-2/h13,15H,4-12,14H2,1-3H3,(H,19,24). The third-order valence-corrected chi connectivity index (χ3v) is 4.03. The molecule has 0 bridgehead atoms. The highest BCUT2D eigenvalue weighted by Gasteiger charge is 2.06. The first kappa shape index (κ1) is 23.0. The molecule has 0 radical (unpaired) electrons. The lowest BCUT2D eigenvalue weighted by Crippen LogP contribution is -2.24. The highest BCUT2D eigenvalue weighted by atomic mass is 16.5. The summed E-state index contributed by atoms with van der Waals surface area (Å²) in [6.07, 6.45) is 3.72. The number of carbonyl (C=O) groups is 2. The molecule has 1 amide bonds. The minimum absolute atomic E-state index is 0.0816. The van der Waals surface area contributed by atoms with Crippen LogP contribution in [0.5, 0.6) is 0 Å². The smallest absolute Gasteiger partial charge is 0.407 e. The van der Waals surface area contributed by atoms with Gasteiger partial charge in [-0.15, -0.1) is 5.10 Å². The summed E-state index contributed by atoms with van der Waals surface area (Å²) in [5, 5.41) is 10.6. The summed E-state index contributed by atoms with van der Waals surface area (Å²) < 4.78 is 17.4. The number of ether oxygens (including phenoxy) is 3. The van der Waals surface area contributed by atoms with Crippen LogP contribution in [0.2, 0.25) is 0 Å². The molecular weight excluding hydrogens is 352 g/mol. The van der Waals surface area contributed by atoms with E-state index in [1.165, 1.54) is 0 Å². The molecule has 1 rings (SSSR count). The summed E-state index contributed by atoms with van der Waals surface area (Å²) in [7, 11) is 0. The number of ketones is 1. The first-order chi connectivity index (χ1) is 13.0. The molecule has 0 aliphatic heterocycles. The number of rotatable bonds is 15. The Balaban J connectivity index is 2.08. The maximum atomic E-state index is 11.6. The fourth-order valence-corrected chi connectivity index (χ4v) is 1.97. The number of hydrogen-bond acceptors (Lipinski definition) is 7. The fraction of sp³-hybridized carbons (Fsp3) is 0.778. The zero-order valence-electron chi connectivity index (χ0n) is 16.6. The van der Waals surface area contributed by atoms with E-state index in [1.54, 1.807) is 17.8 Å². The second kappa shape index (κ2) is 14.1. The second-order valence-corrected chi connectivity index (χ2v) is 6.32. The lowest BCUT2D eigenvalue weighted by Gasteiger charge is -2.09.